The van der Waals surface area contributed by atoms with Crippen LogP contribution in [0.1, 0.15) is 37.7 Å². The summed E-state index contributed by atoms with van der Waals surface area (Å²) in [7, 11) is 3.38. The van der Waals surface area contributed by atoms with Gasteiger partial charge in [0.2, 0.25) is 12.3 Å². The van der Waals surface area contributed by atoms with Gasteiger partial charge < -0.3 is 35.8 Å². The van der Waals surface area contributed by atoms with Crippen LogP contribution in [0.25, 0.3) is 0 Å². The predicted molar refractivity (Wildman–Crippen MR) is 177 cm³/mol. The Balaban J connectivity index is 1.14. The van der Waals surface area contributed by atoms with E-state index in [-0.39, 0.29) is 30.3 Å². The Kier molecular flexibility index (Phi) is 10.3. The molecule has 3 heterocycles. The normalized spacial score (nSPS) is 19.0. The van der Waals surface area contributed by atoms with Gasteiger partial charge in [0.05, 0.1) is 12.2 Å². The lowest BCUT2D eigenvalue weighted by Gasteiger charge is -2.48. The van der Waals surface area contributed by atoms with Gasteiger partial charge in [0.25, 0.3) is 0 Å². The van der Waals surface area contributed by atoms with Crippen molar-refractivity contribution >= 4 is 40.9 Å². The van der Waals surface area contributed by atoms with Crippen LogP contribution in [0.3, 0.4) is 0 Å². The fourth-order valence-electron chi connectivity index (χ4n) is 6.80. The number of hydrogen-bond acceptors (Lipinski definition) is 9. The molecule has 0 aromatic heterocycles. The van der Waals surface area contributed by atoms with E-state index >= 15 is 0 Å². The molecule has 0 bridgehead atoms. The van der Waals surface area contributed by atoms with Crippen LogP contribution < -0.4 is 26.2 Å². The number of amides is 2. The van der Waals surface area contributed by atoms with Crippen LogP contribution in [0.2, 0.25) is 0 Å². The Morgan fingerprint density at radius 2 is 1.75 bits per heavy atom. The largest absolute Gasteiger partial charge is 0.399 e. The molecule has 0 aliphatic carbocycles. The number of hydrogen-bond donors (Lipinski definition) is 4. The first kappa shape index (κ1) is 31.6. The lowest BCUT2D eigenvalue weighted by Crippen LogP contribution is -2.57. The molecule has 11 heteroatoms. The van der Waals surface area contributed by atoms with Gasteiger partial charge in [-0.05, 0) is 74.1 Å². The zero-order chi connectivity index (χ0) is 31.1. The molecule has 5 N–H and O–H groups in total. The fourth-order valence-corrected chi connectivity index (χ4v) is 6.80. The number of rotatable bonds is 10. The van der Waals surface area contributed by atoms with Crippen LogP contribution >= 0.6 is 0 Å². The Hall–Kier alpha value is -3.83. The first-order valence-corrected chi connectivity index (χ1v) is 15.9. The molecule has 44 heavy (non-hydrogen) atoms. The number of likely N-dealkylation sites (tertiary alicyclic amines) is 1. The molecule has 0 atom stereocenters. The fraction of sp³-hybridized carbons (Fsp3) is 0.545. The second kappa shape index (κ2) is 14.3. The van der Waals surface area contributed by atoms with E-state index in [9.17, 15) is 9.59 Å². The molecule has 3 aliphatic heterocycles. The lowest BCUT2D eigenvalue weighted by atomic mass is 9.87. The predicted octanol–water partition coefficient (Wildman–Crippen LogP) is 2.82. The SMILES string of the molecule is CNC(=O)CCN(C=O)C(=N)c1ccc(N2CCOC3(CCN(CC4CCN(c5ccc(N)cc5)CC4)CC3)C2)cc1NC. The maximum Gasteiger partial charge on any atom is 0.221 e. The van der Waals surface area contributed by atoms with E-state index in [1.807, 2.05) is 31.3 Å². The summed E-state index contributed by atoms with van der Waals surface area (Å²) in [5.41, 5.74) is 10.3. The molecule has 2 aromatic carbocycles. The summed E-state index contributed by atoms with van der Waals surface area (Å²) in [6, 6.07) is 14.2. The van der Waals surface area contributed by atoms with Gasteiger partial charge in [-0.1, -0.05) is 0 Å². The lowest BCUT2D eigenvalue weighted by molar-refractivity contribution is -0.121. The zero-order valence-corrected chi connectivity index (χ0v) is 26.2. The molecule has 3 saturated heterocycles. The number of anilines is 4. The number of nitrogens with one attached hydrogen (secondary N) is 3. The van der Waals surface area contributed by atoms with Crippen molar-refractivity contribution in [2.75, 3.05) is 93.9 Å². The number of ether oxygens (including phenoxy) is 1. The van der Waals surface area contributed by atoms with Crippen molar-refractivity contribution in [1.82, 2.24) is 15.1 Å². The maximum absolute atomic E-state index is 11.7. The average Bonchev–Trinajstić information content (AvgIpc) is 3.06. The minimum absolute atomic E-state index is 0.0709. The molecule has 5 rings (SSSR count). The van der Waals surface area contributed by atoms with Gasteiger partial charge in [-0.3, -0.25) is 19.9 Å². The molecular weight excluding hydrogens is 556 g/mol. The van der Waals surface area contributed by atoms with Gasteiger partial charge in [0.15, 0.2) is 0 Å². The highest BCUT2D eigenvalue weighted by molar-refractivity contribution is 6.06. The van der Waals surface area contributed by atoms with E-state index in [1.54, 1.807) is 7.05 Å². The molecule has 1 spiro atoms. The third-order valence-electron chi connectivity index (χ3n) is 9.57. The Morgan fingerprint density at radius 3 is 2.41 bits per heavy atom. The Morgan fingerprint density at radius 1 is 1.05 bits per heavy atom. The number of amidine groups is 1. The highest BCUT2D eigenvalue weighted by Gasteiger charge is 2.40. The molecule has 0 saturated carbocycles. The molecule has 3 fully saturated rings. The van der Waals surface area contributed by atoms with Crippen molar-refractivity contribution in [2.45, 2.75) is 37.7 Å². The van der Waals surface area contributed by atoms with E-state index < -0.39 is 0 Å². The standard InChI is InChI=1S/C33H48N8O3/c1-36-30-21-28(7-8-29(30)32(35)41(24-42)16-11-31(43)37-2)40-19-20-44-33(23-40)12-17-38(18-13-33)22-25-9-14-39(15-10-25)27-5-3-26(34)4-6-27/h3-8,21,24-25,35-36H,9-20,22-23,34H2,1-2H3,(H,37,43). The number of carbonyl (C=O) groups excluding carboxylic acids is 2. The van der Waals surface area contributed by atoms with Gasteiger partial charge in [-0.2, -0.15) is 0 Å². The summed E-state index contributed by atoms with van der Waals surface area (Å²) in [5.74, 6) is 0.632. The van der Waals surface area contributed by atoms with E-state index in [2.05, 4.69) is 43.5 Å². The quantitative estimate of drug-likeness (QED) is 0.141. The van der Waals surface area contributed by atoms with Crippen LogP contribution in [0.5, 0.6) is 0 Å². The zero-order valence-electron chi connectivity index (χ0n) is 26.2. The number of piperidine rings is 2. The third kappa shape index (κ3) is 7.44. The van der Waals surface area contributed by atoms with Crippen molar-refractivity contribution in [3.63, 3.8) is 0 Å². The van der Waals surface area contributed by atoms with Gasteiger partial charge in [-0.25, -0.2) is 0 Å². The van der Waals surface area contributed by atoms with Crippen molar-refractivity contribution in [1.29, 1.82) is 5.41 Å². The summed E-state index contributed by atoms with van der Waals surface area (Å²) in [6.45, 7) is 7.96. The number of morpholine rings is 1. The molecule has 0 radical (unpaired) electrons. The van der Waals surface area contributed by atoms with E-state index in [0.29, 0.717) is 18.6 Å². The molecule has 238 valence electrons. The van der Waals surface area contributed by atoms with E-state index in [0.717, 1.165) is 81.6 Å². The first-order chi connectivity index (χ1) is 21.3. The molecule has 11 nitrogen and oxygen atoms in total. The maximum atomic E-state index is 11.7. The van der Waals surface area contributed by atoms with Gasteiger partial charge in [-0.15, -0.1) is 0 Å². The van der Waals surface area contributed by atoms with Gasteiger partial charge in [0.1, 0.15) is 5.84 Å². The second-order valence-corrected chi connectivity index (χ2v) is 12.3. The number of nitrogens with zero attached hydrogens (tertiary/aromatic N) is 4. The summed E-state index contributed by atoms with van der Waals surface area (Å²) < 4.78 is 6.48. The molecule has 3 aliphatic rings. The first-order valence-electron chi connectivity index (χ1n) is 15.9. The molecule has 0 unspecified atom stereocenters. The van der Waals surface area contributed by atoms with Crippen LogP contribution in [0.15, 0.2) is 42.5 Å². The van der Waals surface area contributed by atoms with Crippen molar-refractivity contribution in [3.05, 3.63) is 48.0 Å². The van der Waals surface area contributed by atoms with Crippen molar-refractivity contribution in [2.24, 2.45) is 5.92 Å². The van der Waals surface area contributed by atoms with Crippen LogP contribution in [0.4, 0.5) is 22.7 Å². The van der Waals surface area contributed by atoms with E-state index in [4.69, 9.17) is 15.9 Å². The van der Waals surface area contributed by atoms with Crippen molar-refractivity contribution < 1.29 is 14.3 Å². The van der Waals surface area contributed by atoms with Crippen molar-refractivity contribution in [3.8, 4) is 0 Å². The summed E-state index contributed by atoms with van der Waals surface area (Å²) in [6.07, 6.45) is 5.24. The van der Waals surface area contributed by atoms with E-state index in [1.165, 1.54) is 23.4 Å². The van der Waals surface area contributed by atoms with Crippen LogP contribution in [0, 0.1) is 11.3 Å². The Labute approximate surface area is 261 Å². The monoisotopic (exact) mass is 604 g/mol. The summed E-state index contributed by atoms with van der Waals surface area (Å²) in [4.78, 5) is 32.2. The molecule has 2 amide bonds. The van der Waals surface area contributed by atoms with Crippen LogP contribution in [-0.4, -0.2) is 107 Å². The number of carbonyl (C=O) groups is 2. The minimum Gasteiger partial charge on any atom is -0.399 e. The highest BCUT2D eigenvalue weighted by atomic mass is 16.5. The second-order valence-electron chi connectivity index (χ2n) is 12.3. The summed E-state index contributed by atoms with van der Waals surface area (Å²) in [5, 5.41) is 14.4. The highest BCUT2D eigenvalue weighted by Crippen LogP contribution is 2.35. The molecular formula is C33H48N8O3. The third-order valence-corrected chi connectivity index (χ3v) is 9.57. The number of benzene rings is 2. The topological polar surface area (TPSA) is 130 Å². The molecule has 2 aromatic rings. The Bertz CT molecular complexity index is 1290. The van der Waals surface area contributed by atoms with Gasteiger partial charge >= 0.3 is 0 Å². The summed E-state index contributed by atoms with van der Waals surface area (Å²) >= 11 is 0. The smallest absolute Gasteiger partial charge is 0.221 e. The minimum atomic E-state index is -0.170. The van der Waals surface area contributed by atoms with Crippen LogP contribution in [-0.2, 0) is 14.3 Å². The average molecular weight is 605 g/mol. The number of nitrogens with two attached hydrogens (primary N) is 1. The van der Waals surface area contributed by atoms with Gasteiger partial charge in [0, 0.05) is 101 Å². The number of nitrogen functional groups attached to an aromatic ring is 1.